The maximum absolute atomic E-state index is 2.46. The van der Waals surface area contributed by atoms with E-state index >= 15 is 0 Å². The molecule has 0 saturated carbocycles. The van der Waals surface area contributed by atoms with Gasteiger partial charge in [0.05, 0.1) is 13.1 Å². The Morgan fingerprint density at radius 2 is 0.818 bits per heavy atom. The fourth-order valence-electron chi connectivity index (χ4n) is 6.36. The summed E-state index contributed by atoms with van der Waals surface area (Å²) in [7, 11) is 0. The highest BCUT2D eigenvalue weighted by Gasteiger charge is 2.17. The fraction of sp³-hybridized carbons (Fsp3) is 0.474. The third-order valence-electron chi connectivity index (χ3n) is 8.79. The van der Waals surface area contributed by atoms with Crippen molar-refractivity contribution in [3.8, 4) is 0 Å². The van der Waals surface area contributed by atoms with Crippen molar-refractivity contribution in [1.82, 2.24) is 9.13 Å². The summed E-state index contributed by atoms with van der Waals surface area (Å²) in [5.41, 5.74) is 8.03. The lowest BCUT2D eigenvalue weighted by Gasteiger charge is -2.03. The highest BCUT2D eigenvalue weighted by molar-refractivity contribution is 5.72. The number of hydrogen-bond donors (Lipinski definition) is 0. The molecular weight excluding hydrogens is 672 g/mol. The number of unbranched alkanes of at least 4 members (excludes halogenated alkanes) is 10. The van der Waals surface area contributed by atoms with Gasteiger partial charge in [0.1, 0.15) is 13.1 Å². The van der Waals surface area contributed by atoms with E-state index < -0.39 is 0 Å². The quantitative estimate of drug-likeness (QED) is 0.0979. The average Bonchev–Trinajstić information content (AvgIpc) is 3.55. The third kappa shape index (κ3) is 9.78. The summed E-state index contributed by atoms with van der Waals surface area (Å²) in [6.07, 6.45) is 20.6. The first-order valence-corrected chi connectivity index (χ1v) is 16.8. The lowest BCUT2D eigenvalue weighted by atomic mass is 10.1. The molecular formula is C38H52Br2N4. The van der Waals surface area contributed by atoms with Crippen molar-refractivity contribution < 1.29 is 43.1 Å². The Hall–Kier alpha value is -2.44. The van der Waals surface area contributed by atoms with Crippen molar-refractivity contribution in [2.45, 2.75) is 117 Å². The predicted molar refractivity (Wildman–Crippen MR) is 176 cm³/mol. The van der Waals surface area contributed by atoms with E-state index in [1.807, 2.05) is 0 Å². The van der Waals surface area contributed by atoms with Crippen LogP contribution in [0.2, 0.25) is 0 Å². The Labute approximate surface area is 286 Å². The monoisotopic (exact) mass is 722 g/mol. The molecule has 6 heteroatoms. The van der Waals surface area contributed by atoms with E-state index in [9.17, 15) is 0 Å². The van der Waals surface area contributed by atoms with E-state index in [4.69, 9.17) is 0 Å². The van der Waals surface area contributed by atoms with E-state index in [2.05, 4.69) is 118 Å². The van der Waals surface area contributed by atoms with Gasteiger partial charge in [-0.15, -0.1) is 0 Å². The summed E-state index contributed by atoms with van der Waals surface area (Å²) >= 11 is 0. The number of nitrogens with zero attached hydrogens (tertiary/aromatic N) is 4. The van der Waals surface area contributed by atoms with Crippen LogP contribution in [0.15, 0.2) is 85.5 Å². The van der Waals surface area contributed by atoms with E-state index in [1.165, 1.54) is 110 Å². The molecule has 0 fully saturated rings. The minimum Gasteiger partial charge on any atom is -1.00 e. The lowest BCUT2D eigenvalue weighted by molar-refractivity contribution is -0.663. The second-order valence-corrected chi connectivity index (χ2v) is 12.2. The van der Waals surface area contributed by atoms with Crippen molar-refractivity contribution in [3.05, 3.63) is 96.6 Å². The second kappa shape index (κ2) is 19.2. The van der Waals surface area contributed by atoms with Gasteiger partial charge in [0, 0.05) is 0 Å². The summed E-state index contributed by atoms with van der Waals surface area (Å²) in [4.78, 5) is 0. The van der Waals surface area contributed by atoms with Gasteiger partial charge in [-0.1, -0.05) is 114 Å². The van der Waals surface area contributed by atoms with Crippen molar-refractivity contribution >= 4 is 22.1 Å². The molecule has 0 radical (unpaired) electrons. The van der Waals surface area contributed by atoms with Gasteiger partial charge in [-0.2, -0.15) is 0 Å². The second-order valence-electron chi connectivity index (χ2n) is 12.2. The van der Waals surface area contributed by atoms with E-state index in [0.29, 0.717) is 0 Å². The van der Waals surface area contributed by atoms with Gasteiger partial charge in [0.25, 0.3) is 0 Å². The van der Waals surface area contributed by atoms with E-state index in [-0.39, 0.29) is 34.0 Å². The van der Waals surface area contributed by atoms with Crippen LogP contribution in [0.5, 0.6) is 0 Å². The molecule has 0 unspecified atom stereocenters. The largest absolute Gasteiger partial charge is 1.00 e. The molecule has 2 aromatic heterocycles. The molecule has 5 aromatic rings. The number of fused-ring (bicyclic) bond motifs is 2. The maximum atomic E-state index is 2.46. The number of hydrogen-bond acceptors (Lipinski definition) is 0. The fourth-order valence-corrected chi connectivity index (χ4v) is 6.36. The molecule has 0 saturated heterocycles. The topological polar surface area (TPSA) is 17.6 Å². The number of halogens is 2. The molecule has 0 amide bonds. The van der Waals surface area contributed by atoms with Crippen molar-refractivity contribution in [2.24, 2.45) is 0 Å². The number of para-hydroxylation sites is 4. The molecule has 0 spiro atoms. The standard InChI is InChI=1S/C38H52N4.2BrH/c1-3-5-7-9-11-17-27-39-31-41(37-21-15-13-19-35(37)39)29-33-23-25-34(26-24-33)30-42-32-40(28-18-12-10-8-6-4-2)36-20-14-16-22-38(36)42;;/h13-16,19-26,31-32H,3-12,17-18,27-30H2,1-2H3;2*1H/q+2;;/p-2. The SMILES string of the molecule is CCCCCCCCn1c[n+](Cc2ccc(C[n+]3cn(CCCCCCCC)c4ccccc43)cc2)c2ccccc21.[Br-].[Br-]. The van der Waals surface area contributed by atoms with Crippen LogP contribution in [-0.2, 0) is 26.2 Å². The van der Waals surface area contributed by atoms with Crippen molar-refractivity contribution in [3.63, 3.8) is 0 Å². The first-order valence-electron chi connectivity index (χ1n) is 16.8. The van der Waals surface area contributed by atoms with Crippen LogP contribution in [0.3, 0.4) is 0 Å². The zero-order valence-corrected chi connectivity index (χ0v) is 30.1. The molecule has 44 heavy (non-hydrogen) atoms. The Kier molecular flexibility index (Phi) is 15.7. The minimum absolute atomic E-state index is 0. The zero-order valence-electron chi connectivity index (χ0n) is 26.9. The van der Waals surface area contributed by atoms with Crippen molar-refractivity contribution in [1.29, 1.82) is 0 Å². The first-order chi connectivity index (χ1) is 20.8. The summed E-state index contributed by atoms with van der Waals surface area (Å²) in [6, 6.07) is 27.0. The molecule has 0 aliphatic heterocycles. The van der Waals surface area contributed by atoms with Crippen LogP contribution in [0.1, 0.15) is 102 Å². The molecule has 238 valence electrons. The summed E-state index contributed by atoms with van der Waals surface area (Å²) < 4.78 is 9.76. The number of imidazole rings is 2. The lowest BCUT2D eigenvalue weighted by Crippen LogP contribution is -3.00. The Morgan fingerprint density at radius 1 is 0.455 bits per heavy atom. The van der Waals surface area contributed by atoms with Gasteiger partial charge in [0.15, 0.2) is 22.1 Å². The summed E-state index contributed by atoms with van der Waals surface area (Å²) in [5.74, 6) is 0. The Balaban J connectivity index is 0.00000264. The average molecular weight is 725 g/mol. The van der Waals surface area contributed by atoms with Gasteiger partial charge in [-0.05, 0) is 61.1 Å². The van der Waals surface area contributed by atoms with Gasteiger partial charge >= 0.3 is 0 Å². The van der Waals surface area contributed by atoms with Gasteiger partial charge in [-0.3, -0.25) is 0 Å². The Morgan fingerprint density at radius 3 is 1.23 bits per heavy atom. The van der Waals surface area contributed by atoms with Crippen LogP contribution in [0.25, 0.3) is 22.1 Å². The molecule has 0 atom stereocenters. The molecule has 0 aliphatic rings. The van der Waals surface area contributed by atoms with Gasteiger partial charge in [0.2, 0.25) is 12.7 Å². The number of benzene rings is 3. The third-order valence-corrected chi connectivity index (χ3v) is 8.79. The molecule has 0 aliphatic carbocycles. The highest BCUT2D eigenvalue weighted by Crippen LogP contribution is 2.16. The number of rotatable bonds is 18. The van der Waals surface area contributed by atoms with Crippen LogP contribution >= 0.6 is 0 Å². The van der Waals surface area contributed by atoms with Gasteiger partial charge in [-0.25, -0.2) is 18.3 Å². The van der Waals surface area contributed by atoms with Gasteiger partial charge < -0.3 is 34.0 Å². The normalized spacial score (nSPS) is 11.1. The zero-order chi connectivity index (χ0) is 29.0. The minimum atomic E-state index is 0. The smallest absolute Gasteiger partial charge is 0.245 e. The van der Waals surface area contributed by atoms with Crippen LogP contribution in [0, 0.1) is 0 Å². The molecule has 0 N–H and O–H groups in total. The van der Waals surface area contributed by atoms with Crippen LogP contribution in [0.4, 0.5) is 0 Å². The van der Waals surface area contributed by atoms with E-state index in [1.54, 1.807) is 0 Å². The first kappa shape index (κ1) is 36.0. The van der Waals surface area contributed by atoms with Crippen LogP contribution < -0.4 is 43.1 Å². The predicted octanol–water partition coefficient (Wildman–Crippen LogP) is 3.00. The number of aryl methyl sites for hydroxylation is 2. The highest BCUT2D eigenvalue weighted by atomic mass is 79.9. The van der Waals surface area contributed by atoms with Crippen molar-refractivity contribution in [2.75, 3.05) is 0 Å². The van der Waals surface area contributed by atoms with Crippen LogP contribution in [-0.4, -0.2) is 9.13 Å². The number of aromatic nitrogens is 4. The summed E-state index contributed by atoms with van der Waals surface area (Å²) in [6.45, 7) is 8.57. The molecule has 3 aromatic carbocycles. The molecule has 0 bridgehead atoms. The Bertz CT molecular complexity index is 1400. The molecule has 2 heterocycles. The van der Waals surface area contributed by atoms with E-state index in [0.717, 1.165) is 26.2 Å². The summed E-state index contributed by atoms with van der Waals surface area (Å²) in [5, 5.41) is 0. The maximum Gasteiger partial charge on any atom is 0.245 e. The molecule has 4 nitrogen and oxygen atoms in total. The molecule has 5 rings (SSSR count).